The smallest absolute Gasteiger partial charge is 0.317 e. The number of carboxylic acids is 1. The Morgan fingerprint density at radius 2 is 2.05 bits per heavy atom. The molecule has 1 aliphatic rings. The minimum Gasteiger partial charge on any atom is -0.480 e. The Hall–Kier alpha value is -3.50. The molecule has 0 spiro atoms. The second kappa shape index (κ2) is 13.3. The van der Waals surface area contributed by atoms with E-state index in [4.69, 9.17) is 19.1 Å². The van der Waals surface area contributed by atoms with Gasteiger partial charge in [-0.15, -0.1) is 0 Å². The number of hydrogen-bond donors (Lipinski definition) is 2. The Morgan fingerprint density at radius 3 is 2.82 bits per heavy atom. The molecule has 2 aromatic heterocycles. The first-order valence-electron chi connectivity index (χ1n) is 13.1. The van der Waals surface area contributed by atoms with E-state index in [1.165, 1.54) is 25.7 Å². The van der Waals surface area contributed by atoms with Gasteiger partial charge in [0.1, 0.15) is 11.3 Å². The molecule has 1 aliphatic carbocycles. The highest BCUT2D eigenvalue weighted by Crippen LogP contribution is 2.30. The van der Waals surface area contributed by atoms with E-state index in [1.54, 1.807) is 18.1 Å². The SMILES string of the molecule is Cc1cc(CCc2noc(-c3cccnc3OCC3CCCC3)n2)ccc1O[C@H](O)CCN(C)CC(=O)O. The van der Waals surface area contributed by atoms with Crippen molar-refractivity contribution in [3.63, 3.8) is 0 Å². The summed E-state index contributed by atoms with van der Waals surface area (Å²) in [5.74, 6) is 1.79. The van der Waals surface area contributed by atoms with E-state index in [0.717, 1.165) is 11.1 Å². The van der Waals surface area contributed by atoms with Crippen LogP contribution in [-0.4, -0.2) is 69.2 Å². The zero-order chi connectivity index (χ0) is 26.9. The molecule has 2 heterocycles. The molecule has 204 valence electrons. The van der Waals surface area contributed by atoms with E-state index >= 15 is 0 Å². The van der Waals surface area contributed by atoms with Gasteiger partial charge >= 0.3 is 5.97 Å². The number of aliphatic hydroxyl groups is 1. The van der Waals surface area contributed by atoms with Gasteiger partial charge in [-0.1, -0.05) is 30.1 Å². The Kier molecular flexibility index (Phi) is 9.67. The van der Waals surface area contributed by atoms with Gasteiger partial charge in [-0.25, -0.2) is 4.98 Å². The van der Waals surface area contributed by atoms with Crippen LogP contribution >= 0.6 is 0 Å². The number of aryl methyl sites for hydroxylation is 3. The molecular weight excluding hydrogens is 488 g/mol. The van der Waals surface area contributed by atoms with E-state index in [2.05, 4.69) is 15.1 Å². The Bertz CT molecular complexity index is 1190. The highest BCUT2D eigenvalue weighted by Gasteiger charge is 2.19. The molecule has 1 aromatic carbocycles. The highest BCUT2D eigenvalue weighted by atomic mass is 16.6. The molecule has 0 unspecified atom stereocenters. The van der Waals surface area contributed by atoms with Gasteiger partial charge in [0.2, 0.25) is 5.88 Å². The third-order valence-corrected chi connectivity index (χ3v) is 6.70. The molecule has 0 saturated heterocycles. The molecule has 2 N–H and O–H groups in total. The number of ether oxygens (including phenoxy) is 2. The predicted octanol–water partition coefficient (Wildman–Crippen LogP) is 3.90. The van der Waals surface area contributed by atoms with Crippen molar-refractivity contribution < 1.29 is 29.0 Å². The van der Waals surface area contributed by atoms with Gasteiger partial charge in [0.15, 0.2) is 12.1 Å². The number of hydrogen-bond acceptors (Lipinski definition) is 9. The largest absolute Gasteiger partial charge is 0.480 e. The number of aliphatic carboxylic acids is 1. The van der Waals surface area contributed by atoms with Crippen LogP contribution in [0.5, 0.6) is 11.6 Å². The molecule has 1 fully saturated rings. The van der Waals surface area contributed by atoms with Crippen molar-refractivity contribution in [2.45, 2.75) is 58.2 Å². The summed E-state index contributed by atoms with van der Waals surface area (Å²) in [6.07, 6.45) is 7.22. The second-order valence-corrected chi connectivity index (χ2v) is 9.93. The molecule has 4 rings (SSSR count). The number of aliphatic hydroxyl groups excluding tert-OH is 1. The molecule has 0 bridgehead atoms. The fourth-order valence-corrected chi connectivity index (χ4v) is 4.61. The summed E-state index contributed by atoms with van der Waals surface area (Å²) < 4.78 is 17.2. The van der Waals surface area contributed by atoms with Gasteiger partial charge in [-0.2, -0.15) is 4.98 Å². The molecule has 38 heavy (non-hydrogen) atoms. The van der Waals surface area contributed by atoms with Crippen molar-refractivity contribution in [2.75, 3.05) is 26.7 Å². The summed E-state index contributed by atoms with van der Waals surface area (Å²) in [6.45, 7) is 2.90. The first-order valence-corrected chi connectivity index (χ1v) is 13.1. The lowest BCUT2D eigenvalue weighted by Gasteiger charge is -2.19. The lowest BCUT2D eigenvalue weighted by molar-refractivity contribution is -0.138. The van der Waals surface area contributed by atoms with Crippen LogP contribution in [0.1, 0.15) is 49.1 Å². The highest BCUT2D eigenvalue weighted by molar-refractivity contribution is 5.69. The zero-order valence-corrected chi connectivity index (χ0v) is 22.0. The maximum atomic E-state index is 10.8. The van der Waals surface area contributed by atoms with Crippen molar-refractivity contribution in [3.05, 3.63) is 53.5 Å². The van der Waals surface area contributed by atoms with Crippen LogP contribution < -0.4 is 9.47 Å². The van der Waals surface area contributed by atoms with Gasteiger partial charge < -0.3 is 24.2 Å². The number of carbonyl (C=O) groups is 1. The van der Waals surface area contributed by atoms with Gasteiger partial charge in [-0.05, 0) is 68.5 Å². The standard InChI is InChI=1S/C28H36N4O6/c1-19-16-20(9-11-23(19)37-26(35)13-15-32(2)17-25(33)34)10-12-24-30-28(38-31-24)22-8-5-14-29-27(22)36-18-21-6-3-4-7-21/h5,8-9,11,14,16,21,26,35H,3-4,6-7,10,12-13,15,17-18H2,1-2H3,(H,33,34)/t26-/m0/s1. The fraction of sp³-hybridized carbons (Fsp3) is 0.500. The number of rotatable bonds is 14. The van der Waals surface area contributed by atoms with E-state index in [1.807, 2.05) is 37.3 Å². The molecule has 0 aliphatic heterocycles. The summed E-state index contributed by atoms with van der Waals surface area (Å²) in [7, 11) is 1.69. The molecule has 3 aromatic rings. The number of nitrogens with zero attached hydrogens (tertiary/aromatic N) is 4. The molecule has 10 nitrogen and oxygen atoms in total. The van der Waals surface area contributed by atoms with Crippen molar-refractivity contribution in [1.82, 2.24) is 20.0 Å². The summed E-state index contributed by atoms with van der Waals surface area (Å²) in [5, 5.41) is 23.2. The van der Waals surface area contributed by atoms with Gasteiger partial charge in [0, 0.05) is 25.6 Å². The quantitative estimate of drug-likeness (QED) is 0.299. The van der Waals surface area contributed by atoms with Gasteiger partial charge in [-0.3, -0.25) is 9.69 Å². The van der Waals surface area contributed by atoms with E-state index in [-0.39, 0.29) is 6.54 Å². The van der Waals surface area contributed by atoms with E-state index in [9.17, 15) is 9.90 Å². The molecule has 1 atom stereocenters. The summed E-state index contributed by atoms with van der Waals surface area (Å²) in [6, 6.07) is 9.51. The summed E-state index contributed by atoms with van der Waals surface area (Å²) in [5.41, 5.74) is 2.68. The monoisotopic (exact) mass is 524 g/mol. The predicted molar refractivity (Wildman–Crippen MR) is 140 cm³/mol. The van der Waals surface area contributed by atoms with Crippen LogP contribution in [0, 0.1) is 12.8 Å². The number of likely N-dealkylation sites (N-methyl/N-ethyl adjacent to an activating group) is 1. The van der Waals surface area contributed by atoms with E-state index < -0.39 is 12.3 Å². The first kappa shape index (κ1) is 27.5. The van der Waals surface area contributed by atoms with Gasteiger partial charge in [0.05, 0.1) is 13.2 Å². The third kappa shape index (κ3) is 8.00. The fourth-order valence-electron chi connectivity index (χ4n) is 4.61. The average Bonchev–Trinajstić information content (AvgIpc) is 3.59. The van der Waals surface area contributed by atoms with Crippen LogP contribution in [0.15, 0.2) is 41.1 Å². The third-order valence-electron chi connectivity index (χ3n) is 6.70. The summed E-state index contributed by atoms with van der Waals surface area (Å²) >= 11 is 0. The van der Waals surface area contributed by atoms with Crippen LogP contribution in [0.2, 0.25) is 0 Å². The minimum absolute atomic E-state index is 0.0834. The number of aromatic nitrogens is 3. The minimum atomic E-state index is -1.02. The van der Waals surface area contributed by atoms with E-state index in [0.29, 0.717) is 67.2 Å². The first-order chi connectivity index (χ1) is 18.4. The Labute approximate surface area is 222 Å². The lowest BCUT2D eigenvalue weighted by Crippen LogP contribution is -2.30. The second-order valence-electron chi connectivity index (χ2n) is 9.93. The maximum absolute atomic E-state index is 10.8. The lowest BCUT2D eigenvalue weighted by atomic mass is 10.1. The van der Waals surface area contributed by atoms with Crippen LogP contribution in [0.3, 0.4) is 0 Å². The molecule has 10 heteroatoms. The van der Waals surface area contributed by atoms with Gasteiger partial charge in [0.25, 0.3) is 5.89 Å². The normalized spacial score (nSPS) is 14.6. The van der Waals surface area contributed by atoms with Crippen molar-refractivity contribution >= 4 is 5.97 Å². The van der Waals surface area contributed by atoms with Crippen molar-refractivity contribution in [2.24, 2.45) is 5.92 Å². The Morgan fingerprint density at radius 1 is 1.24 bits per heavy atom. The number of carboxylic acid groups (broad SMARTS) is 1. The van der Waals surface area contributed by atoms with Crippen LogP contribution in [0.25, 0.3) is 11.5 Å². The molecule has 0 amide bonds. The maximum Gasteiger partial charge on any atom is 0.317 e. The topological polar surface area (TPSA) is 131 Å². The van der Waals surface area contributed by atoms with Crippen molar-refractivity contribution in [1.29, 1.82) is 0 Å². The van der Waals surface area contributed by atoms with Crippen LogP contribution in [0.4, 0.5) is 0 Å². The zero-order valence-electron chi connectivity index (χ0n) is 22.0. The Balaban J connectivity index is 1.29. The average molecular weight is 525 g/mol. The number of benzene rings is 1. The summed E-state index contributed by atoms with van der Waals surface area (Å²) in [4.78, 5) is 21.3. The van der Waals surface area contributed by atoms with Crippen LogP contribution in [-0.2, 0) is 17.6 Å². The molecule has 1 saturated carbocycles. The molecular formula is C28H36N4O6. The number of pyridine rings is 1. The molecule has 0 radical (unpaired) electrons. The van der Waals surface area contributed by atoms with Crippen molar-refractivity contribution in [3.8, 4) is 23.1 Å².